The van der Waals surface area contributed by atoms with Crippen LogP contribution < -0.4 is 16.0 Å². The molecule has 0 aliphatic carbocycles. The Bertz CT molecular complexity index is 1060. The first-order valence-electron chi connectivity index (χ1n) is 12.5. The Labute approximate surface area is 210 Å². The Kier molecular flexibility index (Phi) is 10.3. The summed E-state index contributed by atoms with van der Waals surface area (Å²) in [5, 5.41) is 10.2. The molecule has 4 N–H and O–H groups in total. The van der Waals surface area contributed by atoms with Gasteiger partial charge in [-0.25, -0.2) is 4.98 Å². The summed E-state index contributed by atoms with van der Waals surface area (Å²) in [6, 6.07) is 17.0. The van der Waals surface area contributed by atoms with E-state index in [1.165, 1.54) is 5.56 Å². The van der Waals surface area contributed by atoms with Gasteiger partial charge in [-0.1, -0.05) is 76.2 Å². The summed E-state index contributed by atoms with van der Waals surface area (Å²) in [4.78, 5) is 12.1. The lowest BCUT2D eigenvalue weighted by atomic mass is 10.0. The third kappa shape index (κ3) is 8.50. The van der Waals surface area contributed by atoms with Crippen LogP contribution in [0.25, 0.3) is 28.1 Å². The molecule has 186 valence electrons. The number of rotatable bonds is 14. The van der Waals surface area contributed by atoms with Crippen molar-refractivity contribution >= 4 is 12.4 Å². The van der Waals surface area contributed by atoms with Crippen molar-refractivity contribution < 1.29 is 0 Å². The van der Waals surface area contributed by atoms with Gasteiger partial charge in [-0.15, -0.1) is 0 Å². The summed E-state index contributed by atoms with van der Waals surface area (Å²) in [7, 11) is 0. The van der Waals surface area contributed by atoms with Crippen LogP contribution in [0.15, 0.2) is 65.9 Å². The highest BCUT2D eigenvalue weighted by Crippen LogP contribution is 2.26. The molecule has 6 nitrogen and oxygen atoms in total. The lowest BCUT2D eigenvalue weighted by Crippen LogP contribution is -2.27. The van der Waals surface area contributed by atoms with Crippen molar-refractivity contribution in [3.05, 3.63) is 72.3 Å². The topological polar surface area (TPSA) is 77.1 Å². The summed E-state index contributed by atoms with van der Waals surface area (Å²) in [6.07, 6.45) is 3.84. The second-order valence-electron chi connectivity index (χ2n) is 9.66. The fourth-order valence-electron chi connectivity index (χ4n) is 3.69. The Morgan fingerprint density at radius 1 is 0.886 bits per heavy atom. The molecule has 0 saturated carbocycles. The van der Waals surface area contributed by atoms with E-state index in [1.54, 1.807) is 0 Å². The van der Waals surface area contributed by atoms with Gasteiger partial charge in [0, 0.05) is 24.9 Å². The van der Waals surface area contributed by atoms with Crippen LogP contribution in [0.3, 0.4) is 0 Å². The number of aromatic amines is 1. The van der Waals surface area contributed by atoms with E-state index in [9.17, 15) is 0 Å². The first kappa shape index (κ1) is 26.4. The zero-order valence-corrected chi connectivity index (χ0v) is 21.6. The molecule has 2 aromatic carbocycles. The van der Waals surface area contributed by atoms with Crippen LogP contribution in [0, 0.1) is 11.8 Å². The molecule has 0 fully saturated rings. The molecule has 0 saturated heterocycles. The molecular formula is C29H40N6. The number of nitrogens with one attached hydrogen (secondary N) is 4. The minimum absolute atomic E-state index is 0.625. The lowest BCUT2D eigenvalue weighted by Gasteiger charge is -2.09. The van der Waals surface area contributed by atoms with Crippen molar-refractivity contribution in [1.29, 1.82) is 0 Å². The molecule has 0 spiro atoms. The van der Waals surface area contributed by atoms with Crippen LogP contribution >= 0.6 is 0 Å². The number of aliphatic imine (C=N–C) groups is 1. The largest absolute Gasteiger partial charge is 0.388 e. The number of benzene rings is 2. The van der Waals surface area contributed by atoms with Crippen LogP contribution in [-0.2, 0) is 6.54 Å². The number of H-pyrrole nitrogens is 1. The summed E-state index contributed by atoms with van der Waals surface area (Å²) < 4.78 is 0. The predicted octanol–water partition coefficient (Wildman–Crippen LogP) is 5.32. The molecule has 1 heterocycles. The van der Waals surface area contributed by atoms with Gasteiger partial charge in [0.15, 0.2) is 0 Å². The predicted molar refractivity (Wildman–Crippen MR) is 149 cm³/mol. The molecule has 0 amide bonds. The van der Waals surface area contributed by atoms with Crippen LogP contribution in [-0.4, -0.2) is 42.9 Å². The Morgan fingerprint density at radius 3 is 2.11 bits per heavy atom. The van der Waals surface area contributed by atoms with Gasteiger partial charge in [0.05, 0.1) is 24.1 Å². The second kappa shape index (κ2) is 13.6. The van der Waals surface area contributed by atoms with Gasteiger partial charge < -0.3 is 20.9 Å². The molecule has 0 unspecified atom stereocenters. The van der Waals surface area contributed by atoms with Crippen molar-refractivity contribution in [2.75, 3.05) is 26.2 Å². The van der Waals surface area contributed by atoms with Crippen molar-refractivity contribution in [1.82, 2.24) is 25.9 Å². The fraction of sp³-hybridized carbons (Fsp3) is 0.379. The Hall–Kier alpha value is -3.22. The summed E-state index contributed by atoms with van der Waals surface area (Å²) in [5.41, 5.74) is 6.38. The highest BCUT2D eigenvalue weighted by atomic mass is 15.0. The van der Waals surface area contributed by atoms with Gasteiger partial charge >= 0.3 is 0 Å². The molecule has 1 aromatic heterocycles. The molecule has 3 aromatic rings. The SMILES string of the molecule is C=N/C(=C\NCCNCC(C)C)c1ccc(-c2ccc(-c3cnc(CNCC(C)C)[nH]3)cc2)cc1. The number of imidazole rings is 1. The van der Waals surface area contributed by atoms with E-state index in [2.05, 4.69) is 114 Å². The van der Waals surface area contributed by atoms with Gasteiger partial charge in [-0.05, 0) is 48.3 Å². The number of nitrogens with zero attached hydrogens (tertiary/aromatic N) is 2. The normalized spacial score (nSPS) is 11.9. The van der Waals surface area contributed by atoms with Crippen LogP contribution in [0.2, 0.25) is 0 Å². The van der Waals surface area contributed by atoms with Crippen molar-refractivity contribution in [3.8, 4) is 22.4 Å². The third-order valence-corrected chi connectivity index (χ3v) is 5.59. The van der Waals surface area contributed by atoms with E-state index >= 15 is 0 Å². The van der Waals surface area contributed by atoms with Gasteiger partial charge in [0.2, 0.25) is 0 Å². The maximum Gasteiger partial charge on any atom is 0.120 e. The number of aromatic nitrogens is 2. The summed E-state index contributed by atoms with van der Waals surface area (Å²) in [5.74, 6) is 2.24. The quantitative estimate of drug-likeness (QED) is 0.189. The average Bonchev–Trinajstić information content (AvgIpc) is 3.32. The van der Waals surface area contributed by atoms with Gasteiger partial charge in [-0.2, -0.15) is 0 Å². The molecule has 0 radical (unpaired) electrons. The van der Waals surface area contributed by atoms with Crippen LogP contribution in [0.4, 0.5) is 0 Å². The summed E-state index contributed by atoms with van der Waals surface area (Å²) in [6.45, 7) is 17.1. The summed E-state index contributed by atoms with van der Waals surface area (Å²) >= 11 is 0. The highest BCUT2D eigenvalue weighted by Gasteiger charge is 2.06. The van der Waals surface area contributed by atoms with Crippen molar-refractivity contribution in [2.45, 2.75) is 34.2 Å². The first-order chi connectivity index (χ1) is 17.0. The molecule has 6 heteroatoms. The van der Waals surface area contributed by atoms with Crippen LogP contribution in [0.5, 0.6) is 0 Å². The van der Waals surface area contributed by atoms with E-state index in [0.29, 0.717) is 11.8 Å². The minimum Gasteiger partial charge on any atom is -0.388 e. The van der Waals surface area contributed by atoms with E-state index < -0.39 is 0 Å². The number of hydrogen-bond donors (Lipinski definition) is 4. The standard InChI is InChI=1S/C29H40N6/c1-21(2)16-31-14-15-32-18-27(30-5)25-10-6-23(7-11-25)24-8-12-26(13-9-24)28-19-34-29(35-28)20-33-17-22(3)4/h6-13,18-19,21-22,31-33H,5,14-17,20H2,1-4H3,(H,34,35)/b27-18-. The lowest BCUT2D eigenvalue weighted by molar-refractivity contribution is 0.545. The fourth-order valence-corrected chi connectivity index (χ4v) is 3.69. The molecule has 0 bridgehead atoms. The van der Waals surface area contributed by atoms with Crippen molar-refractivity contribution in [2.24, 2.45) is 16.8 Å². The minimum atomic E-state index is 0.625. The van der Waals surface area contributed by atoms with E-state index in [1.807, 2.05) is 12.4 Å². The Morgan fingerprint density at radius 2 is 1.49 bits per heavy atom. The number of hydrogen-bond acceptors (Lipinski definition) is 5. The highest BCUT2D eigenvalue weighted by molar-refractivity contribution is 5.73. The van der Waals surface area contributed by atoms with Gasteiger partial charge in [0.1, 0.15) is 5.82 Å². The molecule has 3 rings (SSSR count). The maximum atomic E-state index is 4.50. The van der Waals surface area contributed by atoms with E-state index in [4.69, 9.17) is 0 Å². The van der Waals surface area contributed by atoms with E-state index in [-0.39, 0.29) is 0 Å². The van der Waals surface area contributed by atoms with Crippen molar-refractivity contribution in [3.63, 3.8) is 0 Å². The van der Waals surface area contributed by atoms with Gasteiger partial charge in [0.25, 0.3) is 0 Å². The maximum absolute atomic E-state index is 4.50. The smallest absolute Gasteiger partial charge is 0.120 e. The molecular weight excluding hydrogens is 432 g/mol. The van der Waals surface area contributed by atoms with E-state index in [0.717, 1.165) is 66.6 Å². The monoisotopic (exact) mass is 472 g/mol. The first-order valence-corrected chi connectivity index (χ1v) is 12.5. The molecule has 0 aliphatic rings. The zero-order chi connectivity index (χ0) is 25.0. The average molecular weight is 473 g/mol. The third-order valence-electron chi connectivity index (χ3n) is 5.59. The van der Waals surface area contributed by atoms with Crippen LogP contribution in [0.1, 0.15) is 39.1 Å². The second-order valence-corrected chi connectivity index (χ2v) is 9.66. The molecule has 0 atom stereocenters. The Balaban J connectivity index is 1.57. The molecule has 35 heavy (non-hydrogen) atoms. The van der Waals surface area contributed by atoms with Gasteiger partial charge in [-0.3, -0.25) is 4.99 Å². The molecule has 0 aliphatic heterocycles. The zero-order valence-electron chi connectivity index (χ0n) is 21.6.